The molecule has 0 unspecified atom stereocenters. The third-order valence-electron chi connectivity index (χ3n) is 6.44. The van der Waals surface area contributed by atoms with Gasteiger partial charge in [0.05, 0.1) is 10.6 Å². The van der Waals surface area contributed by atoms with Crippen LogP contribution in [0.4, 0.5) is 10.1 Å². The summed E-state index contributed by atoms with van der Waals surface area (Å²) in [6.07, 6.45) is 1.99. The fourth-order valence-electron chi connectivity index (χ4n) is 4.72. The number of piperazine rings is 1. The van der Waals surface area contributed by atoms with E-state index in [1.54, 1.807) is 6.07 Å². The van der Waals surface area contributed by atoms with Crippen molar-refractivity contribution in [1.29, 1.82) is 0 Å². The minimum atomic E-state index is -0.203. The van der Waals surface area contributed by atoms with Gasteiger partial charge in [-0.05, 0) is 63.1 Å². The molecule has 2 heterocycles. The lowest BCUT2D eigenvalue weighted by atomic mass is 9.96. The van der Waals surface area contributed by atoms with Crippen LogP contribution < -0.4 is 4.90 Å². The van der Waals surface area contributed by atoms with Gasteiger partial charge >= 0.3 is 0 Å². The highest BCUT2D eigenvalue weighted by atomic mass is 32.2. The van der Waals surface area contributed by atoms with Crippen LogP contribution in [0.25, 0.3) is 27.6 Å². The Kier molecular flexibility index (Phi) is 5.30. The number of aliphatic imine (C=N–C) groups is 1. The van der Waals surface area contributed by atoms with Crippen molar-refractivity contribution < 1.29 is 9.18 Å². The molecule has 1 fully saturated rings. The zero-order chi connectivity index (χ0) is 23.1. The Morgan fingerprint density at radius 2 is 1.38 bits per heavy atom. The van der Waals surface area contributed by atoms with E-state index in [4.69, 9.17) is 0 Å². The molecule has 6 heteroatoms. The summed E-state index contributed by atoms with van der Waals surface area (Å²) in [7, 11) is 0. The number of nitrogens with zero attached hydrogens (tertiary/aromatic N) is 3. The number of rotatable bonds is 2. The molecule has 1 amide bonds. The van der Waals surface area contributed by atoms with Gasteiger partial charge in [-0.2, -0.15) is 4.99 Å². The summed E-state index contributed by atoms with van der Waals surface area (Å²) in [6.45, 7) is 2.75. The van der Waals surface area contributed by atoms with Crippen LogP contribution in [0.15, 0.2) is 88.8 Å². The van der Waals surface area contributed by atoms with E-state index in [2.05, 4.69) is 40.2 Å². The number of carbonyl (C=O) groups excluding carboxylic acids is 1. The smallest absolute Gasteiger partial charge is 0.286 e. The van der Waals surface area contributed by atoms with Gasteiger partial charge in [0.15, 0.2) is 5.17 Å². The van der Waals surface area contributed by atoms with E-state index in [0.29, 0.717) is 36.8 Å². The number of carbonyl (C=O) groups is 1. The number of halogens is 1. The number of amidine groups is 1. The van der Waals surface area contributed by atoms with Gasteiger partial charge in [0.25, 0.3) is 5.91 Å². The largest absolute Gasteiger partial charge is 0.366 e. The Labute approximate surface area is 201 Å². The molecule has 0 N–H and O–H groups in total. The average molecular weight is 468 g/mol. The highest BCUT2D eigenvalue weighted by molar-refractivity contribution is 8.18. The second-order valence-electron chi connectivity index (χ2n) is 8.47. The fourth-order valence-corrected chi connectivity index (χ4v) is 5.66. The van der Waals surface area contributed by atoms with Crippen LogP contribution in [0.5, 0.6) is 0 Å². The molecule has 1 saturated heterocycles. The zero-order valence-electron chi connectivity index (χ0n) is 18.4. The predicted molar refractivity (Wildman–Crippen MR) is 140 cm³/mol. The summed E-state index contributed by atoms with van der Waals surface area (Å²) in [4.78, 5) is 22.0. The molecule has 0 bridgehead atoms. The van der Waals surface area contributed by atoms with Crippen molar-refractivity contribution in [2.75, 3.05) is 31.1 Å². The Bertz CT molecular complexity index is 1430. The van der Waals surface area contributed by atoms with Crippen molar-refractivity contribution in [2.24, 2.45) is 4.99 Å². The number of anilines is 1. The number of para-hydroxylation sites is 1. The van der Waals surface area contributed by atoms with E-state index >= 15 is 0 Å². The van der Waals surface area contributed by atoms with Crippen molar-refractivity contribution >= 4 is 56.1 Å². The first-order valence-corrected chi connectivity index (χ1v) is 12.2. The van der Waals surface area contributed by atoms with Crippen molar-refractivity contribution in [3.05, 3.63) is 95.1 Å². The van der Waals surface area contributed by atoms with E-state index in [1.165, 1.54) is 17.8 Å². The topological polar surface area (TPSA) is 35.9 Å². The molecule has 4 nitrogen and oxygen atoms in total. The first-order chi connectivity index (χ1) is 16.7. The molecule has 4 aromatic carbocycles. The molecule has 0 radical (unpaired) electrons. The maximum Gasteiger partial charge on any atom is 0.286 e. The maximum absolute atomic E-state index is 14.2. The van der Waals surface area contributed by atoms with Crippen LogP contribution in [-0.4, -0.2) is 42.2 Å². The molecule has 4 aromatic rings. The van der Waals surface area contributed by atoms with E-state index in [-0.39, 0.29) is 11.7 Å². The lowest BCUT2D eigenvalue weighted by Crippen LogP contribution is -2.48. The molecule has 0 aromatic heterocycles. The van der Waals surface area contributed by atoms with E-state index in [1.807, 2.05) is 47.4 Å². The van der Waals surface area contributed by atoms with Gasteiger partial charge in [-0.1, -0.05) is 60.7 Å². The van der Waals surface area contributed by atoms with Gasteiger partial charge < -0.3 is 9.80 Å². The minimum Gasteiger partial charge on any atom is -0.366 e. The number of amides is 1. The monoisotopic (exact) mass is 467 g/mol. The van der Waals surface area contributed by atoms with Crippen LogP contribution in [0.3, 0.4) is 0 Å². The van der Waals surface area contributed by atoms with Gasteiger partial charge in [0.2, 0.25) is 0 Å². The maximum atomic E-state index is 14.2. The number of hydrogen-bond acceptors (Lipinski definition) is 4. The molecule has 0 spiro atoms. The SMILES string of the molecule is O=C1N=C(N2CCN(c3ccccc3F)CC2)SC1=Cc1c2ccccc2cc2ccccc12. The molecule has 0 atom stereocenters. The third-order valence-corrected chi connectivity index (χ3v) is 7.49. The second-order valence-corrected chi connectivity index (χ2v) is 9.48. The third kappa shape index (κ3) is 3.74. The Hall–Kier alpha value is -3.64. The molecule has 2 aliphatic rings. The predicted octanol–water partition coefficient (Wildman–Crippen LogP) is 5.92. The van der Waals surface area contributed by atoms with Crippen LogP contribution in [0.1, 0.15) is 5.56 Å². The molecule has 0 saturated carbocycles. The molecular weight excluding hydrogens is 445 g/mol. The zero-order valence-corrected chi connectivity index (χ0v) is 19.3. The summed E-state index contributed by atoms with van der Waals surface area (Å²) in [6, 6.07) is 25.6. The normalized spacial score (nSPS) is 17.7. The summed E-state index contributed by atoms with van der Waals surface area (Å²) < 4.78 is 14.2. The van der Waals surface area contributed by atoms with Crippen LogP contribution in [0, 0.1) is 5.82 Å². The number of thioether (sulfide) groups is 1. The summed E-state index contributed by atoms with van der Waals surface area (Å²) >= 11 is 1.43. The first-order valence-electron chi connectivity index (χ1n) is 11.3. The van der Waals surface area contributed by atoms with E-state index < -0.39 is 0 Å². The van der Waals surface area contributed by atoms with Crippen molar-refractivity contribution in [3.8, 4) is 0 Å². The van der Waals surface area contributed by atoms with Gasteiger partial charge in [-0.15, -0.1) is 0 Å². The summed E-state index contributed by atoms with van der Waals surface area (Å²) in [5.41, 5.74) is 1.67. The number of benzene rings is 4. The van der Waals surface area contributed by atoms with Gasteiger partial charge in [0.1, 0.15) is 5.82 Å². The molecule has 34 heavy (non-hydrogen) atoms. The molecule has 2 aliphatic heterocycles. The minimum absolute atomic E-state index is 0.200. The Balaban J connectivity index is 1.26. The standard InChI is InChI=1S/C28H22FN3OS/c29-24-11-5-6-12-25(24)31-13-15-32(16-14-31)28-30-27(33)26(34-28)18-23-21-9-3-1-7-19(21)17-20-8-2-4-10-22(20)23/h1-12,17-18H,13-16H2. The second kappa shape index (κ2) is 8.61. The van der Waals surface area contributed by atoms with Crippen LogP contribution >= 0.6 is 11.8 Å². The van der Waals surface area contributed by atoms with Crippen LogP contribution in [-0.2, 0) is 4.79 Å². The summed E-state index contributed by atoms with van der Waals surface area (Å²) in [5.74, 6) is -0.403. The van der Waals surface area contributed by atoms with Crippen molar-refractivity contribution in [3.63, 3.8) is 0 Å². The van der Waals surface area contributed by atoms with Crippen molar-refractivity contribution in [2.45, 2.75) is 0 Å². The average Bonchev–Trinajstić information content (AvgIpc) is 3.24. The first kappa shape index (κ1) is 20.9. The van der Waals surface area contributed by atoms with Crippen molar-refractivity contribution in [1.82, 2.24) is 4.90 Å². The van der Waals surface area contributed by atoms with Gasteiger partial charge in [-0.3, -0.25) is 4.79 Å². The molecule has 168 valence electrons. The van der Waals surface area contributed by atoms with Gasteiger partial charge in [-0.25, -0.2) is 4.39 Å². The van der Waals surface area contributed by atoms with Crippen LogP contribution in [0.2, 0.25) is 0 Å². The van der Waals surface area contributed by atoms with E-state index in [9.17, 15) is 9.18 Å². The summed E-state index contributed by atoms with van der Waals surface area (Å²) in [5, 5.41) is 5.26. The van der Waals surface area contributed by atoms with E-state index in [0.717, 1.165) is 32.3 Å². The lowest BCUT2D eigenvalue weighted by Gasteiger charge is -2.36. The quantitative estimate of drug-likeness (QED) is 0.271. The number of hydrogen-bond donors (Lipinski definition) is 0. The Morgan fingerprint density at radius 1 is 0.794 bits per heavy atom. The molecule has 6 rings (SSSR count). The fraction of sp³-hybridized carbons (Fsp3) is 0.143. The van der Waals surface area contributed by atoms with Gasteiger partial charge in [0, 0.05) is 26.2 Å². The molecule has 0 aliphatic carbocycles. The Morgan fingerprint density at radius 3 is 2.06 bits per heavy atom. The highest BCUT2D eigenvalue weighted by Crippen LogP contribution is 2.35. The highest BCUT2D eigenvalue weighted by Gasteiger charge is 2.29. The molecular formula is C28H22FN3OS. The lowest BCUT2D eigenvalue weighted by molar-refractivity contribution is -0.113. The number of fused-ring (bicyclic) bond motifs is 2.